The molecular weight excluding hydrogens is 281 g/mol. The molecule has 0 N–H and O–H groups in total. The van der Waals surface area contributed by atoms with Crippen LogP contribution in [0.3, 0.4) is 0 Å². The van der Waals surface area contributed by atoms with Gasteiger partial charge in [-0.1, -0.05) is 11.6 Å². The summed E-state index contributed by atoms with van der Waals surface area (Å²) in [5.74, 6) is 0.0825. The Morgan fingerprint density at radius 2 is 2.18 bits per heavy atom. The Kier molecular flexibility index (Phi) is 2.95. The Balaban J connectivity index is 3.29. The molecule has 0 aliphatic carbocycles. The number of benzene rings is 1. The Bertz CT molecular complexity index is 277. The molecule has 0 fully saturated rings. The van der Waals surface area contributed by atoms with Crippen LogP contribution in [0.25, 0.3) is 0 Å². The third kappa shape index (κ3) is 1.76. The molecule has 1 nitrogen and oxygen atoms in total. The van der Waals surface area contributed by atoms with E-state index in [0.717, 1.165) is 0 Å². The lowest BCUT2D eigenvalue weighted by Gasteiger charge is -2.04. The van der Waals surface area contributed by atoms with Gasteiger partial charge in [0.05, 0.1) is 15.7 Å². The molecule has 0 atom stereocenters. The van der Waals surface area contributed by atoms with Crippen LogP contribution in [0.2, 0.25) is 5.02 Å². The van der Waals surface area contributed by atoms with Crippen LogP contribution in [0.15, 0.2) is 12.1 Å². The van der Waals surface area contributed by atoms with Crippen LogP contribution in [0, 0.1) is 9.39 Å². The molecule has 0 spiro atoms. The fourth-order valence-corrected chi connectivity index (χ4v) is 1.78. The Morgan fingerprint density at radius 3 is 2.64 bits per heavy atom. The Hall–Kier alpha value is -0.0300. The number of methoxy groups -OCH3 is 1. The summed E-state index contributed by atoms with van der Waals surface area (Å²) in [6.07, 6.45) is 0. The van der Waals surface area contributed by atoms with E-state index in [0.29, 0.717) is 14.3 Å². The summed E-state index contributed by atoms with van der Waals surface area (Å²) in [5.41, 5.74) is 0. The average Bonchev–Trinajstić information content (AvgIpc) is 1.99. The fraction of sp³-hybridized carbons (Fsp3) is 0.143. The van der Waals surface area contributed by atoms with Gasteiger partial charge >= 0.3 is 0 Å². The Labute approximate surface area is 82.6 Å². The molecule has 60 valence electrons. The van der Waals surface area contributed by atoms with E-state index in [9.17, 15) is 4.39 Å². The molecule has 0 bridgehead atoms. The minimum Gasteiger partial charge on any atom is -0.494 e. The van der Waals surface area contributed by atoms with Gasteiger partial charge in [-0.15, -0.1) is 0 Å². The van der Waals surface area contributed by atoms with Crippen molar-refractivity contribution in [1.29, 1.82) is 0 Å². The van der Waals surface area contributed by atoms with E-state index in [1.165, 1.54) is 19.2 Å². The third-order valence-electron chi connectivity index (χ3n) is 1.21. The van der Waals surface area contributed by atoms with Gasteiger partial charge in [-0.25, -0.2) is 4.39 Å². The van der Waals surface area contributed by atoms with E-state index in [2.05, 4.69) is 0 Å². The normalized spacial score (nSPS) is 9.82. The second-order valence-electron chi connectivity index (χ2n) is 1.88. The lowest BCUT2D eigenvalue weighted by Crippen LogP contribution is -1.90. The van der Waals surface area contributed by atoms with Crippen LogP contribution in [0.4, 0.5) is 4.39 Å². The van der Waals surface area contributed by atoms with E-state index in [1.54, 1.807) is 0 Å². The van der Waals surface area contributed by atoms with E-state index in [-0.39, 0.29) is 5.82 Å². The molecule has 0 aliphatic heterocycles. The minimum absolute atomic E-state index is 0.313. The molecule has 0 amide bonds. The fourth-order valence-electron chi connectivity index (χ4n) is 0.696. The summed E-state index contributed by atoms with van der Waals surface area (Å²) in [6.45, 7) is 0. The van der Waals surface area contributed by atoms with Crippen LogP contribution >= 0.6 is 34.2 Å². The highest BCUT2D eigenvalue weighted by Gasteiger charge is 2.09. The van der Waals surface area contributed by atoms with Gasteiger partial charge in [0.2, 0.25) is 0 Å². The Morgan fingerprint density at radius 1 is 1.55 bits per heavy atom. The predicted octanol–water partition coefficient (Wildman–Crippen LogP) is 3.09. The zero-order chi connectivity index (χ0) is 8.43. The quantitative estimate of drug-likeness (QED) is 0.569. The zero-order valence-electron chi connectivity index (χ0n) is 5.70. The SMILES string of the molecule is COc1c(Cl)ccc(F)c1I. The van der Waals surface area contributed by atoms with Gasteiger partial charge in [0.15, 0.2) is 5.75 Å². The van der Waals surface area contributed by atoms with Crippen LogP contribution in [-0.4, -0.2) is 7.11 Å². The number of rotatable bonds is 1. The molecule has 4 heteroatoms. The maximum Gasteiger partial charge on any atom is 0.153 e. The van der Waals surface area contributed by atoms with Crippen LogP contribution in [0.1, 0.15) is 0 Å². The summed E-state index contributed by atoms with van der Waals surface area (Å²) in [6, 6.07) is 2.78. The van der Waals surface area contributed by atoms with Crippen molar-refractivity contribution in [3.8, 4) is 5.75 Å². The standard InChI is InChI=1S/C7H5ClFIO/c1-11-7-4(8)2-3-5(9)6(7)10/h2-3H,1H3. The average molecular weight is 286 g/mol. The van der Waals surface area contributed by atoms with Gasteiger partial charge in [-0.3, -0.25) is 0 Å². The van der Waals surface area contributed by atoms with Crippen molar-refractivity contribution >= 4 is 34.2 Å². The van der Waals surface area contributed by atoms with Gasteiger partial charge in [0.1, 0.15) is 5.82 Å². The van der Waals surface area contributed by atoms with Gasteiger partial charge < -0.3 is 4.74 Å². The van der Waals surface area contributed by atoms with Crippen molar-refractivity contribution in [1.82, 2.24) is 0 Å². The molecule has 1 aromatic carbocycles. The third-order valence-corrected chi connectivity index (χ3v) is 2.51. The molecule has 0 aromatic heterocycles. The molecule has 0 heterocycles. The predicted molar refractivity (Wildman–Crippen MR) is 50.7 cm³/mol. The number of ether oxygens (including phenoxy) is 1. The molecule has 1 rings (SSSR count). The van der Waals surface area contributed by atoms with E-state index in [1.807, 2.05) is 22.6 Å². The first kappa shape index (κ1) is 9.06. The van der Waals surface area contributed by atoms with Gasteiger partial charge in [-0.05, 0) is 34.7 Å². The second-order valence-corrected chi connectivity index (χ2v) is 3.36. The number of hydrogen-bond acceptors (Lipinski definition) is 1. The number of halogens is 3. The van der Waals surface area contributed by atoms with Crippen LogP contribution in [0.5, 0.6) is 5.75 Å². The van der Waals surface area contributed by atoms with E-state index in [4.69, 9.17) is 16.3 Å². The molecule has 0 unspecified atom stereocenters. The van der Waals surface area contributed by atoms with Crippen molar-refractivity contribution in [3.05, 3.63) is 26.5 Å². The second kappa shape index (κ2) is 3.58. The van der Waals surface area contributed by atoms with Crippen molar-refractivity contribution in [2.45, 2.75) is 0 Å². The van der Waals surface area contributed by atoms with E-state index < -0.39 is 0 Å². The summed E-state index contributed by atoms with van der Waals surface area (Å²) in [7, 11) is 1.46. The van der Waals surface area contributed by atoms with E-state index >= 15 is 0 Å². The zero-order valence-corrected chi connectivity index (χ0v) is 8.61. The van der Waals surface area contributed by atoms with Crippen LogP contribution in [-0.2, 0) is 0 Å². The highest BCUT2D eigenvalue weighted by molar-refractivity contribution is 14.1. The topological polar surface area (TPSA) is 9.23 Å². The summed E-state index contributed by atoms with van der Waals surface area (Å²) in [4.78, 5) is 0. The lowest BCUT2D eigenvalue weighted by atomic mass is 10.3. The van der Waals surface area contributed by atoms with Gasteiger partial charge in [0.25, 0.3) is 0 Å². The summed E-state index contributed by atoms with van der Waals surface area (Å²) >= 11 is 7.55. The highest BCUT2D eigenvalue weighted by Crippen LogP contribution is 2.31. The maximum absolute atomic E-state index is 12.8. The van der Waals surface area contributed by atoms with Crippen molar-refractivity contribution in [3.63, 3.8) is 0 Å². The molecule has 0 saturated carbocycles. The van der Waals surface area contributed by atoms with Crippen LogP contribution < -0.4 is 4.74 Å². The monoisotopic (exact) mass is 286 g/mol. The lowest BCUT2D eigenvalue weighted by molar-refractivity contribution is 0.407. The maximum atomic E-state index is 12.8. The van der Waals surface area contributed by atoms with Crippen molar-refractivity contribution in [2.75, 3.05) is 7.11 Å². The molecule has 0 saturated heterocycles. The molecule has 0 radical (unpaired) electrons. The first-order valence-electron chi connectivity index (χ1n) is 2.84. The van der Waals surface area contributed by atoms with Gasteiger partial charge in [0, 0.05) is 0 Å². The molecular formula is C7H5ClFIO. The minimum atomic E-state index is -0.313. The number of hydrogen-bond donors (Lipinski definition) is 0. The summed E-state index contributed by atoms with van der Waals surface area (Å²) < 4.78 is 18.1. The highest BCUT2D eigenvalue weighted by atomic mass is 127. The molecule has 0 aliphatic rings. The summed E-state index contributed by atoms with van der Waals surface area (Å²) in [5, 5.41) is 0.429. The van der Waals surface area contributed by atoms with Gasteiger partial charge in [-0.2, -0.15) is 0 Å². The largest absolute Gasteiger partial charge is 0.494 e. The first-order chi connectivity index (χ1) is 5.16. The molecule has 1 aromatic rings. The molecule has 11 heavy (non-hydrogen) atoms. The van der Waals surface area contributed by atoms with Crippen molar-refractivity contribution < 1.29 is 9.13 Å². The first-order valence-corrected chi connectivity index (χ1v) is 4.30. The smallest absolute Gasteiger partial charge is 0.153 e. The van der Waals surface area contributed by atoms with Crippen molar-refractivity contribution in [2.24, 2.45) is 0 Å².